The molecule has 3 amide bonds. The first-order chi connectivity index (χ1) is 14.0. The van der Waals surface area contributed by atoms with Crippen LogP contribution in [0.4, 0.5) is 11.4 Å². The van der Waals surface area contributed by atoms with Crippen LogP contribution in [0.2, 0.25) is 0 Å². The van der Waals surface area contributed by atoms with E-state index in [0.29, 0.717) is 18.8 Å². The molecule has 158 valence electrons. The average molecular weight is 404 g/mol. The van der Waals surface area contributed by atoms with Crippen LogP contribution in [0.25, 0.3) is 0 Å². The van der Waals surface area contributed by atoms with Gasteiger partial charge in [0, 0.05) is 23.8 Å². The Balaban J connectivity index is 1.56. The van der Waals surface area contributed by atoms with E-state index >= 15 is 0 Å². The number of amides is 3. The van der Waals surface area contributed by atoms with Crippen molar-refractivity contribution < 1.29 is 24.0 Å². The summed E-state index contributed by atoms with van der Waals surface area (Å²) in [7, 11) is 0. The second kappa shape index (κ2) is 9.84. The van der Waals surface area contributed by atoms with Crippen LogP contribution in [-0.2, 0) is 25.5 Å². The lowest BCUT2D eigenvalue weighted by Crippen LogP contribution is -3.14. The summed E-state index contributed by atoms with van der Waals surface area (Å²) in [5.41, 5.74) is 2.43. The van der Waals surface area contributed by atoms with Gasteiger partial charge >= 0.3 is 11.8 Å². The molecule has 0 atom stereocenters. The van der Waals surface area contributed by atoms with Crippen molar-refractivity contribution in [3.05, 3.63) is 23.8 Å². The average Bonchev–Trinajstić information content (AvgIpc) is 2.73. The fourth-order valence-electron chi connectivity index (χ4n) is 3.72. The molecule has 29 heavy (non-hydrogen) atoms. The molecule has 1 saturated heterocycles. The highest BCUT2D eigenvalue weighted by atomic mass is 16.5. The second-order valence-electron chi connectivity index (χ2n) is 7.91. The SMILES string of the molecule is CC(C)C(=O)N1CCCc2ccc(NC(=O)C(=O)NCC[NH+]3CCOCC3)cc21. The fourth-order valence-corrected chi connectivity index (χ4v) is 3.72. The van der Waals surface area contributed by atoms with Crippen molar-refractivity contribution in [2.45, 2.75) is 26.7 Å². The zero-order valence-electron chi connectivity index (χ0n) is 17.3. The number of nitrogens with zero attached hydrogens (tertiary/aromatic N) is 1. The summed E-state index contributed by atoms with van der Waals surface area (Å²) in [4.78, 5) is 40.0. The number of hydrogen-bond donors (Lipinski definition) is 3. The Bertz CT molecular complexity index is 759. The molecular weight excluding hydrogens is 372 g/mol. The molecule has 0 aromatic heterocycles. The number of anilines is 2. The van der Waals surface area contributed by atoms with Gasteiger partial charge < -0.3 is 25.2 Å². The van der Waals surface area contributed by atoms with Gasteiger partial charge in [-0.15, -0.1) is 0 Å². The lowest BCUT2D eigenvalue weighted by Gasteiger charge is -2.31. The van der Waals surface area contributed by atoms with Crippen LogP contribution >= 0.6 is 0 Å². The van der Waals surface area contributed by atoms with Crippen LogP contribution in [0, 0.1) is 5.92 Å². The zero-order chi connectivity index (χ0) is 20.8. The molecule has 3 rings (SSSR count). The summed E-state index contributed by atoms with van der Waals surface area (Å²) in [6.07, 6.45) is 1.82. The highest BCUT2D eigenvalue weighted by Crippen LogP contribution is 2.31. The molecule has 0 bridgehead atoms. The van der Waals surface area contributed by atoms with Crippen molar-refractivity contribution in [3.63, 3.8) is 0 Å². The number of carbonyl (C=O) groups is 3. The monoisotopic (exact) mass is 403 g/mol. The molecule has 0 aliphatic carbocycles. The van der Waals surface area contributed by atoms with Gasteiger partial charge in [-0.25, -0.2) is 0 Å². The number of quaternary nitrogens is 1. The predicted molar refractivity (Wildman–Crippen MR) is 110 cm³/mol. The predicted octanol–water partition coefficient (Wildman–Crippen LogP) is -0.408. The van der Waals surface area contributed by atoms with Crippen molar-refractivity contribution in [3.8, 4) is 0 Å². The number of ether oxygens (including phenoxy) is 1. The number of morpholine rings is 1. The summed E-state index contributed by atoms with van der Waals surface area (Å²) >= 11 is 0. The highest BCUT2D eigenvalue weighted by Gasteiger charge is 2.25. The van der Waals surface area contributed by atoms with Gasteiger partial charge in [-0.1, -0.05) is 19.9 Å². The van der Waals surface area contributed by atoms with E-state index in [1.807, 2.05) is 19.9 Å². The van der Waals surface area contributed by atoms with Gasteiger partial charge in [0.05, 0.1) is 26.3 Å². The van der Waals surface area contributed by atoms with Crippen molar-refractivity contribution in [1.29, 1.82) is 0 Å². The van der Waals surface area contributed by atoms with Crippen LogP contribution in [0.5, 0.6) is 0 Å². The third kappa shape index (κ3) is 5.55. The standard InChI is InChI=1S/C21H30N4O4/c1-15(2)21(28)25-8-3-4-16-5-6-17(14-18(16)25)23-20(27)19(26)22-7-9-24-10-12-29-13-11-24/h5-6,14-15H,3-4,7-13H2,1-2H3,(H,22,26)(H,23,27)/p+1. The minimum Gasteiger partial charge on any atom is -0.370 e. The first-order valence-electron chi connectivity index (χ1n) is 10.4. The number of benzene rings is 1. The van der Waals surface area contributed by atoms with Crippen LogP contribution in [0.15, 0.2) is 18.2 Å². The lowest BCUT2D eigenvalue weighted by atomic mass is 9.99. The van der Waals surface area contributed by atoms with Gasteiger partial charge in [0.25, 0.3) is 0 Å². The van der Waals surface area contributed by atoms with Gasteiger partial charge in [0.1, 0.15) is 13.1 Å². The maximum atomic E-state index is 12.5. The molecule has 2 heterocycles. The highest BCUT2D eigenvalue weighted by molar-refractivity contribution is 6.39. The Labute approximate surface area is 171 Å². The van der Waals surface area contributed by atoms with Crippen molar-refractivity contribution in [2.75, 3.05) is 56.2 Å². The van der Waals surface area contributed by atoms with E-state index in [4.69, 9.17) is 4.74 Å². The summed E-state index contributed by atoms with van der Waals surface area (Å²) in [5, 5.41) is 5.33. The molecule has 1 aromatic rings. The molecule has 8 nitrogen and oxygen atoms in total. The zero-order valence-corrected chi connectivity index (χ0v) is 17.3. The van der Waals surface area contributed by atoms with Gasteiger partial charge in [0.2, 0.25) is 5.91 Å². The van der Waals surface area contributed by atoms with Crippen molar-refractivity contribution in [1.82, 2.24) is 5.32 Å². The molecule has 2 aliphatic rings. The molecule has 0 unspecified atom stereocenters. The summed E-state index contributed by atoms with van der Waals surface area (Å²) < 4.78 is 5.31. The number of nitrogens with one attached hydrogen (secondary N) is 3. The minimum atomic E-state index is -0.695. The van der Waals surface area contributed by atoms with E-state index in [1.165, 1.54) is 4.90 Å². The van der Waals surface area contributed by atoms with Crippen LogP contribution in [0.1, 0.15) is 25.8 Å². The number of fused-ring (bicyclic) bond motifs is 1. The molecule has 3 N–H and O–H groups in total. The van der Waals surface area contributed by atoms with E-state index in [2.05, 4.69) is 10.6 Å². The smallest absolute Gasteiger partial charge is 0.313 e. The Hall–Kier alpha value is -2.45. The second-order valence-corrected chi connectivity index (χ2v) is 7.91. The van der Waals surface area contributed by atoms with Crippen LogP contribution in [0.3, 0.4) is 0 Å². The third-order valence-electron chi connectivity index (χ3n) is 5.39. The molecule has 0 saturated carbocycles. The Kier molecular flexibility index (Phi) is 7.22. The van der Waals surface area contributed by atoms with Crippen molar-refractivity contribution >= 4 is 29.1 Å². The Morgan fingerprint density at radius 1 is 1.17 bits per heavy atom. The largest absolute Gasteiger partial charge is 0.370 e. The van der Waals surface area contributed by atoms with Crippen molar-refractivity contribution in [2.24, 2.45) is 5.92 Å². The topological polar surface area (TPSA) is 92.2 Å². The maximum absolute atomic E-state index is 12.5. The Morgan fingerprint density at radius 2 is 1.93 bits per heavy atom. The first kappa shape index (κ1) is 21.3. The summed E-state index contributed by atoms with van der Waals surface area (Å²) in [6.45, 7) is 8.96. The molecule has 8 heteroatoms. The van der Waals surface area contributed by atoms with E-state index in [9.17, 15) is 14.4 Å². The van der Waals surface area contributed by atoms with Gasteiger partial charge in [-0.05, 0) is 30.5 Å². The van der Waals surface area contributed by atoms with E-state index in [1.54, 1.807) is 17.0 Å². The van der Waals surface area contributed by atoms with Crippen LogP contribution in [-0.4, -0.2) is 63.7 Å². The molecule has 1 fully saturated rings. The van der Waals surface area contributed by atoms with Gasteiger partial charge in [-0.2, -0.15) is 0 Å². The third-order valence-corrected chi connectivity index (χ3v) is 5.39. The van der Waals surface area contributed by atoms with Gasteiger partial charge in [-0.3, -0.25) is 14.4 Å². The van der Waals surface area contributed by atoms with Crippen LogP contribution < -0.4 is 20.4 Å². The molecule has 0 radical (unpaired) electrons. The molecule has 2 aliphatic heterocycles. The summed E-state index contributed by atoms with van der Waals surface area (Å²) in [6, 6.07) is 5.49. The first-order valence-corrected chi connectivity index (χ1v) is 10.4. The fraction of sp³-hybridized carbons (Fsp3) is 0.571. The number of carbonyl (C=O) groups excluding carboxylic acids is 3. The molecular formula is C21H31N4O4+. The normalized spacial score (nSPS) is 17.0. The van der Waals surface area contributed by atoms with Gasteiger partial charge in [0.15, 0.2) is 0 Å². The number of hydrogen-bond acceptors (Lipinski definition) is 4. The molecule has 1 aromatic carbocycles. The quantitative estimate of drug-likeness (QED) is 0.583. The van der Waals surface area contributed by atoms with E-state index in [0.717, 1.165) is 56.9 Å². The maximum Gasteiger partial charge on any atom is 0.313 e. The number of rotatable bonds is 5. The van der Waals surface area contributed by atoms with E-state index in [-0.39, 0.29) is 11.8 Å². The lowest BCUT2D eigenvalue weighted by molar-refractivity contribution is -0.906. The minimum absolute atomic E-state index is 0.0674. The Morgan fingerprint density at radius 3 is 2.66 bits per heavy atom. The summed E-state index contributed by atoms with van der Waals surface area (Å²) in [5.74, 6) is -1.37. The van der Waals surface area contributed by atoms with E-state index < -0.39 is 11.8 Å². The number of aryl methyl sites for hydroxylation is 1. The molecule has 0 spiro atoms.